The lowest BCUT2D eigenvalue weighted by atomic mass is 10.1. The minimum Gasteiger partial charge on any atom is -0.436 e. The summed E-state index contributed by atoms with van der Waals surface area (Å²) in [5, 5.41) is 9.33. The maximum absolute atomic E-state index is 5.99. The molecule has 0 aliphatic carbocycles. The van der Waals surface area contributed by atoms with Crippen LogP contribution in [0, 0.1) is 0 Å². The Bertz CT molecular complexity index is 980. The van der Waals surface area contributed by atoms with Crippen molar-refractivity contribution in [1.29, 1.82) is 0 Å². The standard InChI is InChI=1S/C19H16ClN3OS/c1-2-11-21-19(25)23-22-18-16(13-7-9-15(20)10-8-13)12-14-5-3-4-6-17(14)24-18/h2-10,12H,1,11H2,(H2,21,23,25)/b22-18+. The lowest BCUT2D eigenvalue weighted by molar-refractivity contribution is 0.533. The third-order valence-corrected chi connectivity index (χ3v) is 3.96. The fourth-order valence-electron chi connectivity index (χ4n) is 2.29. The summed E-state index contributed by atoms with van der Waals surface area (Å²) >= 11 is 11.2. The Morgan fingerprint density at radius 1 is 1.20 bits per heavy atom. The average molecular weight is 370 g/mol. The molecule has 0 spiro atoms. The molecule has 25 heavy (non-hydrogen) atoms. The summed E-state index contributed by atoms with van der Waals surface area (Å²) in [6.07, 6.45) is 1.72. The van der Waals surface area contributed by atoms with Crippen LogP contribution in [-0.4, -0.2) is 11.7 Å². The molecule has 4 nitrogen and oxygen atoms in total. The van der Waals surface area contributed by atoms with Crippen LogP contribution in [0.2, 0.25) is 5.02 Å². The second kappa shape index (κ2) is 7.96. The van der Waals surface area contributed by atoms with Gasteiger partial charge in [0.2, 0.25) is 5.55 Å². The summed E-state index contributed by atoms with van der Waals surface area (Å²) in [7, 11) is 0. The Hall–Kier alpha value is -2.63. The first-order valence-corrected chi connectivity index (χ1v) is 8.43. The molecule has 2 aromatic carbocycles. The van der Waals surface area contributed by atoms with Gasteiger partial charge in [-0.1, -0.05) is 48.0 Å². The fraction of sp³-hybridized carbons (Fsp3) is 0.0526. The van der Waals surface area contributed by atoms with E-state index in [4.69, 9.17) is 28.2 Å². The van der Waals surface area contributed by atoms with Crippen LogP contribution >= 0.6 is 23.8 Å². The second-order valence-electron chi connectivity index (χ2n) is 5.23. The number of benzene rings is 2. The molecule has 1 aromatic heterocycles. The first-order valence-electron chi connectivity index (χ1n) is 7.64. The van der Waals surface area contributed by atoms with E-state index in [1.54, 1.807) is 6.08 Å². The lowest BCUT2D eigenvalue weighted by Gasteiger charge is -2.07. The molecule has 1 heterocycles. The summed E-state index contributed by atoms with van der Waals surface area (Å²) in [5.74, 6) is 0. The van der Waals surface area contributed by atoms with Crippen molar-refractivity contribution in [1.82, 2.24) is 10.7 Å². The predicted molar refractivity (Wildman–Crippen MR) is 106 cm³/mol. The van der Waals surface area contributed by atoms with Crippen LogP contribution in [0.25, 0.3) is 22.1 Å². The molecule has 0 saturated heterocycles. The van der Waals surface area contributed by atoms with Gasteiger partial charge >= 0.3 is 0 Å². The van der Waals surface area contributed by atoms with Gasteiger partial charge in [0.1, 0.15) is 5.58 Å². The van der Waals surface area contributed by atoms with E-state index in [1.807, 2.05) is 54.6 Å². The number of fused-ring (bicyclic) bond motifs is 1. The fourth-order valence-corrected chi connectivity index (χ4v) is 2.55. The van der Waals surface area contributed by atoms with Gasteiger partial charge in [-0.25, -0.2) is 0 Å². The van der Waals surface area contributed by atoms with Gasteiger partial charge in [0.15, 0.2) is 5.11 Å². The molecule has 0 amide bonds. The van der Waals surface area contributed by atoms with Crippen molar-refractivity contribution in [2.75, 3.05) is 6.54 Å². The van der Waals surface area contributed by atoms with E-state index in [0.29, 0.717) is 22.2 Å². The number of nitrogens with one attached hydrogen (secondary N) is 2. The molecule has 3 rings (SSSR count). The molecule has 0 fully saturated rings. The van der Waals surface area contributed by atoms with Crippen molar-refractivity contribution in [2.24, 2.45) is 5.10 Å². The smallest absolute Gasteiger partial charge is 0.244 e. The Balaban J connectivity index is 2.07. The van der Waals surface area contributed by atoms with Crippen molar-refractivity contribution in [2.45, 2.75) is 0 Å². The normalized spacial score (nSPS) is 11.3. The van der Waals surface area contributed by atoms with Gasteiger partial charge in [0, 0.05) is 22.5 Å². The molecule has 0 aliphatic heterocycles. The van der Waals surface area contributed by atoms with Crippen LogP contribution < -0.4 is 16.3 Å². The van der Waals surface area contributed by atoms with Gasteiger partial charge in [0.05, 0.1) is 0 Å². The zero-order chi connectivity index (χ0) is 17.6. The monoisotopic (exact) mass is 369 g/mol. The van der Waals surface area contributed by atoms with Crippen molar-refractivity contribution in [3.05, 3.63) is 77.8 Å². The van der Waals surface area contributed by atoms with Crippen molar-refractivity contribution in [3.63, 3.8) is 0 Å². The van der Waals surface area contributed by atoms with Gasteiger partial charge < -0.3 is 9.73 Å². The quantitative estimate of drug-likeness (QED) is 0.410. The highest BCUT2D eigenvalue weighted by Crippen LogP contribution is 2.22. The Morgan fingerprint density at radius 2 is 1.96 bits per heavy atom. The van der Waals surface area contributed by atoms with E-state index in [-0.39, 0.29) is 0 Å². The van der Waals surface area contributed by atoms with Gasteiger partial charge in [-0.15, -0.1) is 11.7 Å². The number of rotatable bonds is 4. The Kier molecular flexibility index (Phi) is 5.48. The minimum atomic E-state index is 0.394. The van der Waals surface area contributed by atoms with Gasteiger partial charge in [-0.2, -0.15) is 0 Å². The van der Waals surface area contributed by atoms with Gasteiger partial charge in [0.25, 0.3) is 0 Å². The van der Waals surface area contributed by atoms with E-state index >= 15 is 0 Å². The topological polar surface area (TPSA) is 49.6 Å². The van der Waals surface area contributed by atoms with Gasteiger partial charge in [-0.05, 0) is 42.0 Å². The molecular formula is C19H16ClN3OS. The highest BCUT2D eigenvalue weighted by atomic mass is 35.5. The zero-order valence-electron chi connectivity index (χ0n) is 13.3. The highest BCUT2D eigenvalue weighted by Gasteiger charge is 2.07. The third-order valence-electron chi connectivity index (χ3n) is 3.48. The summed E-state index contributed by atoms with van der Waals surface area (Å²) in [4.78, 5) is 0. The number of halogens is 1. The molecule has 2 N–H and O–H groups in total. The molecule has 0 atom stereocenters. The van der Waals surface area contributed by atoms with E-state index in [2.05, 4.69) is 22.4 Å². The van der Waals surface area contributed by atoms with Crippen LogP contribution in [0.5, 0.6) is 0 Å². The second-order valence-corrected chi connectivity index (χ2v) is 6.08. The third kappa shape index (κ3) is 4.26. The molecule has 0 aliphatic rings. The van der Waals surface area contributed by atoms with Crippen molar-refractivity contribution in [3.8, 4) is 11.1 Å². The average Bonchev–Trinajstić information content (AvgIpc) is 2.64. The predicted octanol–water partition coefficient (Wildman–Crippen LogP) is 4.22. The molecule has 126 valence electrons. The van der Waals surface area contributed by atoms with E-state index < -0.39 is 0 Å². The summed E-state index contributed by atoms with van der Waals surface area (Å²) < 4.78 is 5.96. The van der Waals surface area contributed by atoms with Crippen molar-refractivity contribution >= 4 is 39.9 Å². The number of hydrogen-bond acceptors (Lipinski definition) is 3. The summed E-state index contributed by atoms with van der Waals surface area (Å²) in [6.45, 7) is 4.19. The Morgan fingerprint density at radius 3 is 2.72 bits per heavy atom. The summed E-state index contributed by atoms with van der Waals surface area (Å²) in [6, 6.07) is 17.3. The van der Waals surface area contributed by atoms with Crippen LogP contribution in [0.15, 0.2) is 76.8 Å². The molecule has 0 saturated carbocycles. The van der Waals surface area contributed by atoms with Crippen LogP contribution in [0.3, 0.4) is 0 Å². The SMILES string of the molecule is C=CCNC(=S)N/N=c1/oc2ccccc2cc1-c1ccc(Cl)cc1. The largest absolute Gasteiger partial charge is 0.436 e. The van der Waals surface area contributed by atoms with E-state index in [0.717, 1.165) is 22.1 Å². The van der Waals surface area contributed by atoms with Crippen LogP contribution in [0.1, 0.15) is 0 Å². The first kappa shape index (κ1) is 17.2. The van der Waals surface area contributed by atoms with Crippen LogP contribution in [0.4, 0.5) is 0 Å². The van der Waals surface area contributed by atoms with E-state index in [9.17, 15) is 0 Å². The molecule has 0 bridgehead atoms. The molecular weight excluding hydrogens is 354 g/mol. The molecule has 0 unspecified atom stereocenters. The summed E-state index contributed by atoms with van der Waals surface area (Å²) in [5.41, 5.74) is 5.76. The number of para-hydroxylation sites is 1. The maximum atomic E-state index is 5.99. The zero-order valence-corrected chi connectivity index (χ0v) is 14.9. The lowest BCUT2D eigenvalue weighted by Crippen LogP contribution is -2.33. The van der Waals surface area contributed by atoms with Crippen molar-refractivity contribution < 1.29 is 4.42 Å². The Labute approximate surface area is 155 Å². The number of nitrogens with zero attached hydrogens (tertiary/aromatic N) is 1. The molecule has 0 radical (unpaired) electrons. The first-order chi connectivity index (χ1) is 12.2. The molecule has 6 heteroatoms. The number of thiocarbonyl (C=S) groups is 1. The molecule has 3 aromatic rings. The maximum Gasteiger partial charge on any atom is 0.244 e. The highest BCUT2D eigenvalue weighted by molar-refractivity contribution is 7.80. The van der Waals surface area contributed by atoms with Gasteiger partial charge in [-0.3, -0.25) is 5.43 Å². The minimum absolute atomic E-state index is 0.394. The number of hydrogen-bond donors (Lipinski definition) is 2. The van der Waals surface area contributed by atoms with E-state index in [1.165, 1.54) is 0 Å². The van der Waals surface area contributed by atoms with Crippen LogP contribution in [-0.2, 0) is 0 Å².